The maximum Gasteiger partial charge on any atom is 0.319 e. The van der Waals surface area contributed by atoms with Crippen molar-refractivity contribution < 1.29 is 13.5 Å². The van der Waals surface area contributed by atoms with Crippen LogP contribution >= 0.6 is 0 Å². The molecule has 1 aromatic carbocycles. The lowest BCUT2D eigenvalue weighted by atomic mass is 9.95. The molecule has 0 amide bonds. The summed E-state index contributed by atoms with van der Waals surface area (Å²) in [6.45, 7) is 5.95. The van der Waals surface area contributed by atoms with Gasteiger partial charge in [0, 0.05) is 36.9 Å². The van der Waals surface area contributed by atoms with Gasteiger partial charge in [0.05, 0.1) is 10.9 Å². The Morgan fingerprint density at radius 2 is 1.84 bits per heavy atom. The minimum atomic E-state index is -0.570. The van der Waals surface area contributed by atoms with Crippen LogP contribution in [0.15, 0.2) is 24.4 Å². The van der Waals surface area contributed by atoms with Crippen LogP contribution in [-0.4, -0.2) is 70.3 Å². The molecule has 194 valence electrons. The zero-order valence-corrected chi connectivity index (χ0v) is 21.1. The molecule has 7 nitrogen and oxygen atoms in total. The van der Waals surface area contributed by atoms with E-state index in [0.717, 1.165) is 51.9 Å². The summed E-state index contributed by atoms with van der Waals surface area (Å²) >= 11 is 0. The fourth-order valence-electron chi connectivity index (χ4n) is 7.01. The lowest BCUT2D eigenvalue weighted by molar-refractivity contribution is 0.108. The first-order valence-corrected chi connectivity index (χ1v) is 13.5. The Labute approximate surface area is 215 Å². The summed E-state index contributed by atoms with van der Waals surface area (Å²) in [4.78, 5) is 18.6. The topological polar surface area (TPSA) is 66.4 Å². The summed E-state index contributed by atoms with van der Waals surface area (Å²) in [6.07, 6.45) is 8.45. The van der Waals surface area contributed by atoms with Gasteiger partial charge in [-0.15, -0.1) is 0 Å². The van der Waals surface area contributed by atoms with Crippen LogP contribution in [0.5, 0.6) is 6.01 Å². The Balaban J connectivity index is 1.32. The van der Waals surface area contributed by atoms with Crippen molar-refractivity contribution in [2.45, 2.75) is 63.1 Å². The lowest BCUT2D eigenvalue weighted by Gasteiger charge is -2.34. The fourth-order valence-corrected chi connectivity index (χ4v) is 7.01. The van der Waals surface area contributed by atoms with Crippen LogP contribution in [0.4, 0.5) is 14.6 Å². The molecule has 7 rings (SSSR count). The maximum atomic E-state index is 16.1. The van der Waals surface area contributed by atoms with Crippen LogP contribution in [0.2, 0.25) is 0 Å². The Hall–Kier alpha value is -2.91. The Bertz CT molecular complexity index is 1340. The van der Waals surface area contributed by atoms with Crippen molar-refractivity contribution in [2.75, 3.05) is 37.7 Å². The lowest BCUT2D eigenvalue weighted by Crippen LogP contribution is -2.51. The highest BCUT2D eigenvalue weighted by Gasteiger charge is 2.45. The smallest absolute Gasteiger partial charge is 0.319 e. The Kier molecular flexibility index (Phi) is 5.55. The molecule has 0 radical (unpaired) electrons. The van der Waals surface area contributed by atoms with Gasteiger partial charge in [-0.05, 0) is 70.2 Å². The van der Waals surface area contributed by atoms with Crippen molar-refractivity contribution in [2.24, 2.45) is 0 Å². The van der Waals surface area contributed by atoms with Gasteiger partial charge in [0.15, 0.2) is 5.82 Å². The van der Waals surface area contributed by atoms with E-state index < -0.39 is 5.82 Å². The number of hydrogen-bond acceptors (Lipinski definition) is 7. The number of fused-ring (bicyclic) bond motifs is 4. The van der Waals surface area contributed by atoms with Crippen LogP contribution in [0, 0.1) is 18.6 Å². The third-order valence-corrected chi connectivity index (χ3v) is 8.96. The van der Waals surface area contributed by atoms with E-state index in [9.17, 15) is 4.39 Å². The molecule has 6 heterocycles. The summed E-state index contributed by atoms with van der Waals surface area (Å²) in [5.74, 6) is -0.293. The van der Waals surface area contributed by atoms with Crippen LogP contribution in [0.25, 0.3) is 22.2 Å². The predicted octanol–water partition coefficient (Wildman–Crippen LogP) is 4.23. The third-order valence-electron chi connectivity index (χ3n) is 8.96. The molecule has 4 saturated heterocycles. The number of hydrogen-bond donors (Lipinski definition) is 1. The summed E-state index contributed by atoms with van der Waals surface area (Å²) in [5.41, 5.74) is 1.09. The number of piperazine rings is 1. The molecule has 2 unspecified atom stereocenters. The molecule has 1 N–H and O–H groups in total. The first-order valence-electron chi connectivity index (χ1n) is 13.5. The minimum absolute atomic E-state index is 0.0350. The van der Waals surface area contributed by atoms with E-state index in [0.29, 0.717) is 41.0 Å². The van der Waals surface area contributed by atoms with E-state index in [1.807, 2.05) is 0 Å². The zero-order chi connectivity index (χ0) is 25.1. The van der Waals surface area contributed by atoms with E-state index in [1.165, 1.54) is 18.9 Å². The minimum Gasteiger partial charge on any atom is -0.461 e. The average Bonchev–Trinajstić information content (AvgIpc) is 3.58. The molecular formula is C28H32F2N6O. The van der Waals surface area contributed by atoms with Crippen molar-refractivity contribution in [3.8, 4) is 17.3 Å². The summed E-state index contributed by atoms with van der Waals surface area (Å²) in [7, 11) is 0. The standard InChI is InChI=1S/C28H32F2N6O/c1-17-20(5-2-6-22(17)29)24-23(30)25-21(13-31-24)26(35-14-18-7-8-19(15-35)32-18)34-27(33-25)37-16-28-9-3-11-36(28)12-4-10-28/h2,5-6,13,18-19,32H,3-4,7-12,14-16H2,1H3. The molecule has 37 heavy (non-hydrogen) atoms. The predicted molar refractivity (Wildman–Crippen MR) is 138 cm³/mol. The molecule has 2 bridgehead atoms. The first kappa shape index (κ1) is 23.2. The number of rotatable bonds is 5. The molecule has 2 aromatic heterocycles. The fraction of sp³-hybridized carbons (Fsp3) is 0.536. The van der Waals surface area contributed by atoms with Crippen LogP contribution in [0.3, 0.4) is 0 Å². The second kappa shape index (κ2) is 8.84. The number of ether oxygens (including phenoxy) is 1. The monoisotopic (exact) mass is 506 g/mol. The number of halogens is 2. The van der Waals surface area contributed by atoms with E-state index in [1.54, 1.807) is 25.3 Å². The number of nitrogens with one attached hydrogen (secondary N) is 1. The second-order valence-corrected chi connectivity index (χ2v) is 11.2. The largest absolute Gasteiger partial charge is 0.461 e. The number of aromatic nitrogens is 3. The highest BCUT2D eigenvalue weighted by atomic mass is 19.1. The van der Waals surface area contributed by atoms with E-state index >= 15 is 4.39 Å². The Morgan fingerprint density at radius 1 is 1.08 bits per heavy atom. The second-order valence-electron chi connectivity index (χ2n) is 11.2. The van der Waals surface area contributed by atoms with E-state index in [-0.39, 0.29) is 28.6 Å². The van der Waals surface area contributed by atoms with Gasteiger partial charge in [0.25, 0.3) is 0 Å². The highest BCUT2D eigenvalue weighted by Crippen LogP contribution is 2.40. The number of nitrogens with zero attached hydrogens (tertiary/aromatic N) is 5. The van der Waals surface area contributed by atoms with Crippen molar-refractivity contribution in [1.82, 2.24) is 25.2 Å². The maximum absolute atomic E-state index is 16.1. The van der Waals surface area contributed by atoms with Gasteiger partial charge in [-0.25, -0.2) is 8.78 Å². The van der Waals surface area contributed by atoms with Gasteiger partial charge in [0.2, 0.25) is 0 Å². The molecule has 4 aliphatic heterocycles. The van der Waals surface area contributed by atoms with Crippen molar-refractivity contribution in [1.29, 1.82) is 0 Å². The number of anilines is 1. The Morgan fingerprint density at radius 3 is 2.59 bits per heavy atom. The van der Waals surface area contributed by atoms with Gasteiger partial charge in [-0.1, -0.05) is 12.1 Å². The summed E-state index contributed by atoms with van der Waals surface area (Å²) < 4.78 is 36.7. The molecule has 2 atom stereocenters. The van der Waals surface area contributed by atoms with E-state index in [4.69, 9.17) is 9.72 Å². The molecular weight excluding hydrogens is 474 g/mol. The summed E-state index contributed by atoms with van der Waals surface area (Å²) in [5, 5.41) is 4.21. The van der Waals surface area contributed by atoms with Gasteiger partial charge < -0.3 is 15.0 Å². The van der Waals surface area contributed by atoms with Crippen LogP contribution in [-0.2, 0) is 0 Å². The van der Waals surface area contributed by atoms with Gasteiger partial charge in [-0.2, -0.15) is 9.97 Å². The van der Waals surface area contributed by atoms with Crippen LogP contribution in [0.1, 0.15) is 44.1 Å². The van der Waals surface area contributed by atoms with Crippen molar-refractivity contribution in [3.05, 3.63) is 41.6 Å². The van der Waals surface area contributed by atoms with Gasteiger partial charge in [-0.3, -0.25) is 9.88 Å². The van der Waals surface area contributed by atoms with Gasteiger partial charge >= 0.3 is 6.01 Å². The highest BCUT2D eigenvalue weighted by molar-refractivity contribution is 5.92. The number of pyridine rings is 1. The van der Waals surface area contributed by atoms with Gasteiger partial charge in [0.1, 0.15) is 29.5 Å². The van der Waals surface area contributed by atoms with Crippen molar-refractivity contribution >= 4 is 16.7 Å². The number of benzene rings is 1. The van der Waals surface area contributed by atoms with Crippen molar-refractivity contribution in [3.63, 3.8) is 0 Å². The SMILES string of the molecule is Cc1c(F)cccc1-c1ncc2c(N3CC4CCC(C3)N4)nc(OCC34CCCN3CCC4)nc2c1F. The normalized spacial score (nSPS) is 24.7. The molecule has 3 aromatic rings. The molecule has 9 heteroatoms. The van der Waals surface area contributed by atoms with E-state index in [2.05, 4.69) is 25.1 Å². The summed E-state index contributed by atoms with van der Waals surface area (Å²) in [6, 6.07) is 5.63. The molecule has 0 spiro atoms. The molecule has 4 aliphatic rings. The third kappa shape index (κ3) is 3.85. The van der Waals surface area contributed by atoms with Crippen LogP contribution < -0.4 is 15.0 Å². The average molecular weight is 507 g/mol. The molecule has 4 fully saturated rings. The zero-order valence-electron chi connectivity index (χ0n) is 21.1. The first-order chi connectivity index (χ1) is 18.0. The molecule has 0 aliphatic carbocycles. The quantitative estimate of drug-likeness (QED) is 0.556. The molecule has 0 saturated carbocycles.